The van der Waals surface area contributed by atoms with Gasteiger partial charge in [-0.15, -0.1) is 0 Å². The van der Waals surface area contributed by atoms with Crippen molar-refractivity contribution >= 4 is 15.9 Å². The molecule has 0 bridgehead atoms. The van der Waals surface area contributed by atoms with Gasteiger partial charge in [-0.25, -0.2) is 0 Å². The minimum absolute atomic E-state index is 0.0199. The zero-order valence-corrected chi connectivity index (χ0v) is 16.8. The molecule has 2 aromatic carbocycles. The fourth-order valence-electron chi connectivity index (χ4n) is 2.61. The summed E-state index contributed by atoms with van der Waals surface area (Å²) in [6.07, 6.45) is -0.148. The van der Waals surface area contributed by atoms with Gasteiger partial charge in [-0.05, 0) is 42.3 Å². The fraction of sp³-hybridized carbons (Fsp3) is 0.350. The van der Waals surface area contributed by atoms with Gasteiger partial charge in [0.15, 0.2) is 18.3 Å². The van der Waals surface area contributed by atoms with Crippen LogP contribution in [0.2, 0.25) is 0 Å². The van der Waals surface area contributed by atoms with E-state index in [4.69, 9.17) is 19.5 Å². The van der Waals surface area contributed by atoms with Gasteiger partial charge < -0.3 is 24.4 Å². The Labute approximate surface area is 167 Å². The number of hydrogen-bond donors (Lipinski definition) is 2. The van der Waals surface area contributed by atoms with Crippen LogP contribution in [-0.2, 0) is 4.74 Å². The van der Waals surface area contributed by atoms with E-state index in [1.165, 1.54) is 7.11 Å². The lowest BCUT2D eigenvalue weighted by molar-refractivity contribution is 0.0495. The Morgan fingerprint density at radius 3 is 2.59 bits per heavy atom. The molecule has 2 unspecified atom stereocenters. The van der Waals surface area contributed by atoms with Crippen molar-refractivity contribution < 1.29 is 24.4 Å². The summed E-state index contributed by atoms with van der Waals surface area (Å²) in [4.78, 5) is 0. The average molecular weight is 436 g/mol. The van der Waals surface area contributed by atoms with Crippen molar-refractivity contribution in [1.82, 2.24) is 0 Å². The van der Waals surface area contributed by atoms with Gasteiger partial charge in [-0.1, -0.05) is 22.9 Å². The minimum atomic E-state index is -0.669. The van der Waals surface area contributed by atoms with Crippen LogP contribution in [0.15, 0.2) is 40.9 Å². The molecule has 6 nitrogen and oxygen atoms in total. The standard InChI is InChI=1S/C20H22BrNO5/c1-3-18(24)16(11-23)15-9-14(5-6-17(15)21)27-19-7-4-13(10-22)8-20(19)26-12-25-2/h4-9,16,18,23-24H,3,11-12H2,1-2H3. The molecule has 2 aromatic rings. The highest BCUT2D eigenvalue weighted by molar-refractivity contribution is 9.10. The van der Waals surface area contributed by atoms with Gasteiger partial charge in [0, 0.05) is 23.6 Å². The number of benzene rings is 2. The third-order valence-corrected chi connectivity index (χ3v) is 4.80. The smallest absolute Gasteiger partial charge is 0.188 e. The Hall–Kier alpha value is -2.11. The van der Waals surface area contributed by atoms with Crippen molar-refractivity contribution in [3.8, 4) is 23.3 Å². The van der Waals surface area contributed by atoms with E-state index < -0.39 is 12.0 Å². The molecule has 0 saturated carbocycles. The highest BCUT2D eigenvalue weighted by atomic mass is 79.9. The highest BCUT2D eigenvalue weighted by Gasteiger charge is 2.22. The molecule has 144 valence electrons. The molecule has 7 heteroatoms. The van der Waals surface area contributed by atoms with E-state index in [1.807, 2.05) is 6.92 Å². The molecule has 0 aromatic heterocycles. The van der Waals surface area contributed by atoms with Gasteiger partial charge in [0.25, 0.3) is 0 Å². The molecule has 27 heavy (non-hydrogen) atoms. The lowest BCUT2D eigenvalue weighted by atomic mass is 9.92. The Bertz CT molecular complexity index is 805. The molecule has 2 N–H and O–H groups in total. The van der Waals surface area contributed by atoms with E-state index >= 15 is 0 Å². The van der Waals surface area contributed by atoms with Crippen LogP contribution in [0, 0.1) is 11.3 Å². The van der Waals surface area contributed by atoms with Crippen LogP contribution in [-0.4, -0.2) is 36.8 Å². The first-order chi connectivity index (χ1) is 13.0. The van der Waals surface area contributed by atoms with Gasteiger partial charge in [0.05, 0.1) is 24.3 Å². The topological polar surface area (TPSA) is 91.9 Å². The first-order valence-corrected chi connectivity index (χ1v) is 9.25. The molecule has 0 fully saturated rings. The second-order valence-corrected chi connectivity index (χ2v) is 6.73. The molecule has 0 aliphatic carbocycles. The number of aliphatic hydroxyl groups excluding tert-OH is 2. The molecule has 0 aliphatic heterocycles. The Balaban J connectivity index is 2.35. The fourth-order valence-corrected chi connectivity index (χ4v) is 3.15. The molecule has 0 aliphatic rings. The third kappa shape index (κ3) is 5.44. The maximum Gasteiger partial charge on any atom is 0.188 e. The molecule has 2 rings (SSSR count). The van der Waals surface area contributed by atoms with E-state index in [2.05, 4.69) is 22.0 Å². The molecule has 2 atom stereocenters. The van der Waals surface area contributed by atoms with E-state index in [-0.39, 0.29) is 13.4 Å². The van der Waals surface area contributed by atoms with Crippen molar-refractivity contribution in [3.05, 3.63) is 52.0 Å². The van der Waals surface area contributed by atoms with Crippen molar-refractivity contribution in [2.75, 3.05) is 20.5 Å². The van der Waals surface area contributed by atoms with Crippen LogP contribution in [0.25, 0.3) is 0 Å². The van der Waals surface area contributed by atoms with Crippen LogP contribution < -0.4 is 9.47 Å². The summed E-state index contributed by atoms with van der Waals surface area (Å²) in [5, 5.41) is 29.0. The van der Waals surface area contributed by atoms with Crippen LogP contribution >= 0.6 is 15.9 Å². The lowest BCUT2D eigenvalue weighted by Crippen LogP contribution is -2.21. The van der Waals surface area contributed by atoms with Crippen molar-refractivity contribution in [1.29, 1.82) is 5.26 Å². The van der Waals surface area contributed by atoms with Gasteiger partial charge in [0.2, 0.25) is 0 Å². The summed E-state index contributed by atoms with van der Waals surface area (Å²) in [5.41, 5.74) is 1.19. The number of nitrogens with zero attached hydrogens (tertiary/aromatic N) is 1. The van der Waals surface area contributed by atoms with Crippen molar-refractivity contribution in [3.63, 3.8) is 0 Å². The zero-order valence-electron chi connectivity index (χ0n) is 15.2. The normalized spacial score (nSPS) is 12.9. The number of methoxy groups -OCH3 is 1. The quantitative estimate of drug-likeness (QED) is 0.579. The van der Waals surface area contributed by atoms with Crippen molar-refractivity contribution in [2.24, 2.45) is 0 Å². The summed E-state index contributed by atoms with van der Waals surface area (Å²) in [7, 11) is 1.50. The summed E-state index contributed by atoms with van der Waals surface area (Å²) in [6, 6.07) is 12.2. The number of halogens is 1. The Morgan fingerprint density at radius 1 is 1.19 bits per heavy atom. The molecule has 0 amide bonds. The Morgan fingerprint density at radius 2 is 1.96 bits per heavy atom. The summed E-state index contributed by atoms with van der Waals surface area (Å²) < 4.78 is 17.1. The van der Waals surface area contributed by atoms with E-state index in [1.54, 1.807) is 36.4 Å². The minimum Gasteiger partial charge on any atom is -0.464 e. The van der Waals surface area contributed by atoms with Gasteiger partial charge >= 0.3 is 0 Å². The predicted octanol–water partition coefficient (Wildman–Crippen LogP) is 3.94. The molecule has 0 radical (unpaired) electrons. The number of aliphatic hydroxyl groups is 2. The number of ether oxygens (including phenoxy) is 3. The second-order valence-electron chi connectivity index (χ2n) is 5.87. The van der Waals surface area contributed by atoms with Crippen molar-refractivity contribution in [2.45, 2.75) is 25.4 Å². The van der Waals surface area contributed by atoms with E-state index in [9.17, 15) is 10.2 Å². The van der Waals surface area contributed by atoms with Gasteiger partial charge in [0.1, 0.15) is 5.75 Å². The number of hydrogen-bond acceptors (Lipinski definition) is 6. The summed E-state index contributed by atoms with van der Waals surface area (Å²) >= 11 is 3.47. The monoisotopic (exact) mass is 435 g/mol. The molecule has 0 spiro atoms. The molecule has 0 heterocycles. The second kappa shape index (κ2) is 10.3. The number of rotatable bonds is 9. The third-order valence-electron chi connectivity index (χ3n) is 4.08. The molecular formula is C20H22BrNO5. The predicted molar refractivity (Wildman–Crippen MR) is 104 cm³/mol. The van der Waals surface area contributed by atoms with E-state index in [0.717, 1.165) is 10.0 Å². The molecular weight excluding hydrogens is 414 g/mol. The van der Waals surface area contributed by atoms with Gasteiger partial charge in [-0.3, -0.25) is 0 Å². The maximum atomic E-state index is 10.2. The maximum absolute atomic E-state index is 10.2. The van der Waals surface area contributed by atoms with Crippen LogP contribution in [0.5, 0.6) is 17.2 Å². The first-order valence-electron chi connectivity index (χ1n) is 8.46. The van der Waals surface area contributed by atoms with E-state index in [0.29, 0.717) is 29.2 Å². The average Bonchev–Trinajstić information content (AvgIpc) is 2.69. The number of nitriles is 1. The molecule has 0 saturated heterocycles. The SMILES string of the molecule is CCC(O)C(CO)c1cc(Oc2ccc(C#N)cc2OCOC)ccc1Br. The largest absolute Gasteiger partial charge is 0.464 e. The Kier molecular flexibility index (Phi) is 8.07. The first kappa shape index (κ1) is 21.2. The summed E-state index contributed by atoms with van der Waals surface area (Å²) in [6.45, 7) is 1.69. The van der Waals surface area contributed by atoms with Crippen LogP contribution in [0.1, 0.15) is 30.4 Å². The van der Waals surface area contributed by atoms with Gasteiger partial charge in [-0.2, -0.15) is 5.26 Å². The van der Waals surface area contributed by atoms with Crippen LogP contribution in [0.3, 0.4) is 0 Å². The lowest BCUT2D eigenvalue weighted by Gasteiger charge is -2.22. The summed E-state index contributed by atoms with van der Waals surface area (Å²) in [5.74, 6) is 0.892. The zero-order chi connectivity index (χ0) is 19.8. The highest BCUT2D eigenvalue weighted by Crippen LogP contribution is 2.36. The van der Waals surface area contributed by atoms with Crippen LogP contribution in [0.4, 0.5) is 0 Å².